The van der Waals surface area contributed by atoms with E-state index in [4.69, 9.17) is 4.74 Å². The van der Waals surface area contributed by atoms with Crippen molar-refractivity contribution in [2.45, 2.75) is 57.5 Å². The van der Waals surface area contributed by atoms with Gasteiger partial charge in [0.2, 0.25) is 0 Å². The van der Waals surface area contributed by atoms with E-state index in [-0.39, 0.29) is 16.8 Å². The van der Waals surface area contributed by atoms with Gasteiger partial charge in [0.05, 0.1) is 12.7 Å². The lowest BCUT2D eigenvalue weighted by Crippen LogP contribution is -2.73. The van der Waals surface area contributed by atoms with Crippen LogP contribution < -0.4 is 0 Å². The summed E-state index contributed by atoms with van der Waals surface area (Å²) in [6, 6.07) is 7.49. The Morgan fingerprint density at radius 1 is 1.17 bits per heavy atom. The molecule has 2 bridgehead atoms. The minimum Gasteiger partial charge on any atom is -0.465 e. The molecule has 0 aromatic heterocycles. The van der Waals surface area contributed by atoms with Crippen molar-refractivity contribution in [1.29, 1.82) is 0 Å². The van der Waals surface area contributed by atoms with Gasteiger partial charge < -0.3 is 9.84 Å². The smallest absolute Gasteiger partial charge is 0.337 e. The van der Waals surface area contributed by atoms with Crippen molar-refractivity contribution in [2.75, 3.05) is 7.11 Å². The summed E-state index contributed by atoms with van der Waals surface area (Å²) in [6.07, 6.45) is 8.46. The summed E-state index contributed by atoms with van der Waals surface area (Å²) >= 11 is 0. The average molecular weight is 314 g/mol. The first-order valence-corrected chi connectivity index (χ1v) is 8.88. The van der Waals surface area contributed by atoms with Crippen molar-refractivity contribution < 1.29 is 14.6 Å². The van der Waals surface area contributed by atoms with E-state index in [1.165, 1.54) is 32.8 Å². The molecule has 1 aromatic carbocycles. The topological polar surface area (TPSA) is 46.5 Å². The molecule has 0 saturated heterocycles. The van der Waals surface area contributed by atoms with Crippen LogP contribution in [0.4, 0.5) is 0 Å². The number of carbonyl (C=O) groups is 1. The maximum atomic E-state index is 11.9. The molecule has 1 spiro atoms. The lowest BCUT2D eigenvalue weighted by atomic mass is 9.31. The molecular formula is C20H26O3. The first-order valence-electron chi connectivity index (χ1n) is 8.88. The number of aliphatic hydroxyl groups is 1. The number of fused-ring (bicyclic) bond motifs is 1. The van der Waals surface area contributed by atoms with Gasteiger partial charge in [-0.2, -0.15) is 0 Å². The van der Waals surface area contributed by atoms with E-state index in [9.17, 15) is 9.90 Å². The van der Waals surface area contributed by atoms with Crippen molar-refractivity contribution in [2.24, 2.45) is 16.7 Å². The van der Waals surface area contributed by atoms with Crippen LogP contribution in [-0.4, -0.2) is 18.2 Å². The Morgan fingerprint density at radius 2 is 1.91 bits per heavy atom. The molecule has 0 heterocycles. The molecule has 0 radical (unpaired) electrons. The third-order valence-electron chi connectivity index (χ3n) is 7.27. The second-order valence-corrected chi connectivity index (χ2v) is 8.15. The predicted octanol–water partition coefficient (Wildman–Crippen LogP) is 4.04. The lowest BCUT2D eigenvalue weighted by molar-refractivity contribution is -0.336. The molecule has 3 aliphatic carbocycles. The van der Waals surface area contributed by atoms with E-state index in [0.29, 0.717) is 11.5 Å². The molecule has 3 fully saturated rings. The summed E-state index contributed by atoms with van der Waals surface area (Å²) in [5.74, 6) is 0.334. The third kappa shape index (κ3) is 1.72. The minimum atomic E-state index is -0.738. The number of benzene rings is 1. The van der Waals surface area contributed by atoms with E-state index in [0.717, 1.165) is 24.8 Å². The van der Waals surface area contributed by atoms with E-state index >= 15 is 0 Å². The first kappa shape index (κ1) is 15.2. The Balaban J connectivity index is 1.75. The molecule has 0 amide bonds. The second kappa shape index (κ2) is 4.83. The molecule has 0 unspecified atom stereocenters. The molecule has 23 heavy (non-hydrogen) atoms. The first-order chi connectivity index (χ1) is 11.0. The second-order valence-electron chi connectivity index (χ2n) is 8.15. The Kier molecular flexibility index (Phi) is 3.19. The highest BCUT2D eigenvalue weighted by Crippen LogP contribution is 2.78. The van der Waals surface area contributed by atoms with Gasteiger partial charge in [-0.15, -0.1) is 0 Å². The number of carbonyl (C=O) groups excluding carboxylic acids is 1. The Morgan fingerprint density at radius 3 is 2.61 bits per heavy atom. The molecular weight excluding hydrogens is 288 g/mol. The highest BCUT2D eigenvalue weighted by atomic mass is 16.5. The Bertz CT molecular complexity index is 637. The molecule has 4 rings (SSSR count). The average Bonchev–Trinajstić information content (AvgIpc) is 2.60. The fourth-order valence-corrected chi connectivity index (χ4v) is 6.25. The summed E-state index contributed by atoms with van der Waals surface area (Å²) in [5, 5.41) is 11.9. The van der Waals surface area contributed by atoms with Gasteiger partial charge in [0.15, 0.2) is 0 Å². The fraction of sp³-hybridized carbons (Fsp3) is 0.650. The van der Waals surface area contributed by atoms with Crippen LogP contribution in [0.15, 0.2) is 24.3 Å². The molecule has 3 saturated carbocycles. The number of methoxy groups -OCH3 is 1. The Hall–Kier alpha value is -1.35. The summed E-state index contributed by atoms with van der Waals surface area (Å²) in [7, 11) is 1.40. The zero-order chi connectivity index (χ0) is 16.3. The fourth-order valence-electron chi connectivity index (χ4n) is 6.25. The maximum Gasteiger partial charge on any atom is 0.337 e. The Labute approximate surface area is 138 Å². The zero-order valence-electron chi connectivity index (χ0n) is 14.1. The van der Waals surface area contributed by atoms with Crippen molar-refractivity contribution in [3.63, 3.8) is 0 Å². The van der Waals surface area contributed by atoms with Gasteiger partial charge in [-0.1, -0.05) is 31.9 Å². The van der Waals surface area contributed by atoms with Crippen LogP contribution in [0.5, 0.6) is 0 Å². The normalized spacial score (nSPS) is 41.6. The van der Waals surface area contributed by atoms with Crippen LogP contribution in [0.2, 0.25) is 0 Å². The van der Waals surface area contributed by atoms with Gasteiger partial charge in [0.25, 0.3) is 0 Å². The van der Waals surface area contributed by atoms with Crippen LogP contribution in [0, 0.1) is 16.7 Å². The van der Waals surface area contributed by atoms with Gasteiger partial charge in [0, 0.05) is 10.8 Å². The molecule has 3 heteroatoms. The van der Waals surface area contributed by atoms with E-state index in [1.54, 1.807) is 12.1 Å². The lowest BCUT2D eigenvalue weighted by Gasteiger charge is -2.75. The maximum absolute atomic E-state index is 11.9. The van der Waals surface area contributed by atoms with Crippen LogP contribution in [0.1, 0.15) is 67.8 Å². The van der Waals surface area contributed by atoms with Crippen molar-refractivity contribution in [3.05, 3.63) is 35.4 Å². The molecule has 1 N–H and O–H groups in total. The molecule has 124 valence electrons. The monoisotopic (exact) mass is 314 g/mol. The number of rotatable bonds is 2. The standard InChI is InChI=1S/C20H26O3/c1-18-12-10-15-5-3-4-11-19(15,13-18)20(18,22)16-8-6-14(7-9-16)17(21)23-2/h6-9,15,22H,3-5,10-13H2,1-2H3/t15-,18+,19+,20-/m0/s1. The number of hydrogen-bond donors (Lipinski definition) is 1. The van der Waals surface area contributed by atoms with E-state index < -0.39 is 5.60 Å². The zero-order valence-corrected chi connectivity index (χ0v) is 14.1. The van der Waals surface area contributed by atoms with Crippen LogP contribution in [0.25, 0.3) is 0 Å². The molecule has 4 atom stereocenters. The van der Waals surface area contributed by atoms with E-state index in [1.807, 2.05) is 12.1 Å². The molecule has 3 nitrogen and oxygen atoms in total. The summed E-state index contributed by atoms with van der Waals surface area (Å²) in [6.45, 7) is 2.25. The molecule has 1 aromatic rings. The van der Waals surface area contributed by atoms with Crippen LogP contribution >= 0.6 is 0 Å². The molecule has 3 aliphatic rings. The minimum absolute atomic E-state index is 0.0202. The largest absolute Gasteiger partial charge is 0.465 e. The van der Waals surface area contributed by atoms with Gasteiger partial charge in [-0.3, -0.25) is 0 Å². The molecule has 0 aliphatic heterocycles. The third-order valence-corrected chi connectivity index (χ3v) is 7.27. The van der Waals surface area contributed by atoms with Crippen molar-refractivity contribution in [1.82, 2.24) is 0 Å². The van der Waals surface area contributed by atoms with Crippen LogP contribution in [-0.2, 0) is 10.3 Å². The number of hydrogen-bond acceptors (Lipinski definition) is 3. The van der Waals surface area contributed by atoms with Gasteiger partial charge in [-0.05, 0) is 55.7 Å². The number of ether oxygens (including phenoxy) is 1. The summed E-state index contributed by atoms with van der Waals surface area (Å²) < 4.78 is 4.78. The predicted molar refractivity (Wildman–Crippen MR) is 88.0 cm³/mol. The van der Waals surface area contributed by atoms with Gasteiger partial charge in [-0.25, -0.2) is 4.79 Å². The highest BCUT2D eigenvalue weighted by molar-refractivity contribution is 5.89. The highest BCUT2D eigenvalue weighted by Gasteiger charge is 2.75. The van der Waals surface area contributed by atoms with E-state index in [2.05, 4.69) is 6.92 Å². The van der Waals surface area contributed by atoms with Crippen LogP contribution in [0.3, 0.4) is 0 Å². The van der Waals surface area contributed by atoms with Crippen molar-refractivity contribution in [3.8, 4) is 0 Å². The summed E-state index contributed by atoms with van der Waals surface area (Å²) in [5.41, 5.74) is 0.842. The van der Waals surface area contributed by atoms with Gasteiger partial charge >= 0.3 is 5.97 Å². The van der Waals surface area contributed by atoms with Crippen molar-refractivity contribution >= 4 is 5.97 Å². The number of esters is 1. The SMILES string of the molecule is COC(=O)c1ccc([C@]2(O)[C@]3(C)CC[C@@H]4CCCC[C@@]42C3)cc1. The van der Waals surface area contributed by atoms with Gasteiger partial charge in [0.1, 0.15) is 5.60 Å². The quantitative estimate of drug-likeness (QED) is 0.838. The summed E-state index contributed by atoms with van der Waals surface area (Å²) in [4.78, 5) is 11.7.